The molecule has 1 heterocycles. The Labute approximate surface area is 167 Å². The van der Waals surface area contributed by atoms with Gasteiger partial charge in [0.05, 0.1) is 0 Å². The molecular formula is C20H19ClN4O3. The second kappa shape index (κ2) is 8.67. The lowest BCUT2D eigenvalue weighted by molar-refractivity contribution is -0.116. The SMILES string of the molecule is CN(C)C(=O)c1ccc(NC(=O)CCc2nc(-c3ccc(Cl)cc3)no2)cc1. The summed E-state index contributed by atoms with van der Waals surface area (Å²) >= 11 is 5.87. The number of anilines is 1. The van der Waals surface area contributed by atoms with Crippen molar-refractivity contribution in [2.45, 2.75) is 12.8 Å². The normalized spacial score (nSPS) is 10.5. The Balaban J connectivity index is 1.53. The molecule has 3 aromatic rings. The van der Waals surface area contributed by atoms with E-state index in [0.29, 0.717) is 34.4 Å². The molecule has 0 saturated heterocycles. The molecule has 8 heteroatoms. The highest BCUT2D eigenvalue weighted by molar-refractivity contribution is 6.30. The zero-order chi connectivity index (χ0) is 20.1. The van der Waals surface area contributed by atoms with Gasteiger partial charge in [0.15, 0.2) is 0 Å². The molecule has 2 amide bonds. The van der Waals surface area contributed by atoms with Crippen LogP contribution in [-0.4, -0.2) is 41.0 Å². The number of benzene rings is 2. The monoisotopic (exact) mass is 398 g/mol. The van der Waals surface area contributed by atoms with E-state index in [1.807, 2.05) is 0 Å². The van der Waals surface area contributed by atoms with E-state index in [2.05, 4.69) is 15.5 Å². The van der Waals surface area contributed by atoms with Crippen LogP contribution in [0, 0.1) is 0 Å². The number of hydrogen-bond acceptors (Lipinski definition) is 5. The molecule has 0 spiro atoms. The number of aryl methyl sites for hydroxylation is 1. The van der Waals surface area contributed by atoms with E-state index in [0.717, 1.165) is 5.56 Å². The van der Waals surface area contributed by atoms with E-state index < -0.39 is 0 Å². The first-order chi connectivity index (χ1) is 13.4. The topological polar surface area (TPSA) is 88.3 Å². The second-order valence-electron chi connectivity index (χ2n) is 6.34. The maximum Gasteiger partial charge on any atom is 0.253 e. The Hall–Kier alpha value is -3.19. The largest absolute Gasteiger partial charge is 0.345 e. The molecule has 0 fully saturated rings. The summed E-state index contributed by atoms with van der Waals surface area (Å²) in [7, 11) is 3.38. The summed E-state index contributed by atoms with van der Waals surface area (Å²) in [5, 5.41) is 7.33. The number of nitrogens with zero attached hydrogens (tertiary/aromatic N) is 3. The predicted octanol–water partition coefficient (Wildman–Crippen LogP) is 3.66. The number of carbonyl (C=O) groups is 2. The van der Waals surface area contributed by atoms with Gasteiger partial charge in [0.1, 0.15) is 0 Å². The Kier molecular flexibility index (Phi) is 6.06. The summed E-state index contributed by atoms with van der Waals surface area (Å²) in [6.45, 7) is 0. The number of rotatable bonds is 6. The minimum atomic E-state index is -0.182. The Morgan fingerprint density at radius 1 is 1.07 bits per heavy atom. The van der Waals surface area contributed by atoms with Gasteiger partial charge in [-0.2, -0.15) is 4.98 Å². The molecule has 0 saturated carbocycles. The standard InChI is InChI=1S/C20H19ClN4O3/c1-25(2)20(27)14-5-9-16(10-6-14)22-17(26)11-12-18-23-19(24-28-18)13-3-7-15(21)8-4-13/h3-10H,11-12H2,1-2H3,(H,22,26). The Morgan fingerprint density at radius 2 is 1.75 bits per heavy atom. The van der Waals surface area contributed by atoms with Crippen LogP contribution in [0.15, 0.2) is 53.1 Å². The lowest BCUT2D eigenvalue weighted by Gasteiger charge is -2.10. The van der Waals surface area contributed by atoms with Crippen LogP contribution in [0.3, 0.4) is 0 Å². The Morgan fingerprint density at radius 3 is 2.39 bits per heavy atom. The molecule has 2 aromatic carbocycles. The van der Waals surface area contributed by atoms with Gasteiger partial charge in [-0.1, -0.05) is 16.8 Å². The van der Waals surface area contributed by atoms with Crippen molar-refractivity contribution >= 4 is 29.1 Å². The maximum atomic E-state index is 12.1. The van der Waals surface area contributed by atoms with E-state index in [9.17, 15) is 9.59 Å². The van der Waals surface area contributed by atoms with Crippen LogP contribution in [0.4, 0.5) is 5.69 Å². The number of aromatic nitrogens is 2. The first-order valence-corrected chi connectivity index (χ1v) is 9.00. The molecule has 0 aliphatic carbocycles. The summed E-state index contributed by atoms with van der Waals surface area (Å²) in [5.74, 6) is 0.559. The molecule has 0 atom stereocenters. The molecule has 0 aliphatic heterocycles. The Bertz CT molecular complexity index is 966. The van der Waals surface area contributed by atoms with Crippen LogP contribution in [0.1, 0.15) is 22.7 Å². The van der Waals surface area contributed by atoms with Crippen molar-refractivity contribution < 1.29 is 14.1 Å². The molecule has 0 radical (unpaired) electrons. The highest BCUT2D eigenvalue weighted by Crippen LogP contribution is 2.19. The van der Waals surface area contributed by atoms with Gasteiger partial charge in [0.25, 0.3) is 5.91 Å². The minimum Gasteiger partial charge on any atom is -0.345 e. The summed E-state index contributed by atoms with van der Waals surface area (Å²) < 4.78 is 5.20. The summed E-state index contributed by atoms with van der Waals surface area (Å²) in [4.78, 5) is 29.8. The first kappa shape index (κ1) is 19.6. The van der Waals surface area contributed by atoms with Gasteiger partial charge in [-0.25, -0.2) is 0 Å². The molecule has 1 aromatic heterocycles. The van der Waals surface area contributed by atoms with E-state index in [4.69, 9.17) is 16.1 Å². The van der Waals surface area contributed by atoms with Gasteiger partial charge in [0.2, 0.25) is 17.6 Å². The van der Waals surface area contributed by atoms with Crippen molar-refractivity contribution in [1.29, 1.82) is 0 Å². The van der Waals surface area contributed by atoms with Crippen molar-refractivity contribution in [1.82, 2.24) is 15.0 Å². The molecule has 144 valence electrons. The number of carbonyl (C=O) groups excluding carboxylic acids is 2. The van der Waals surface area contributed by atoms with Gasteiger partial charge in [-0.3, -0.25) is 9.59 Å². The lowest BCUT2D eigenvalue weighted by Crippen LogP contribution is -2.21. The van der Waals surface area contributed by atoms with Crippen LogP contribution in [0.25, 0.3) is 11.4 Å². The third-order valence-electron chi connectivity index (χ3n) is 3.96. The average Bonchev–Trinajstić information content (AvgIpc) is 3.16. The molecule has 0 unspecified atom stereocenters. The number of nitrogens with one attached hydrogen (secondary N) is 1. The van der Waals surface area contributed by atoms with Gasteiger partial charge in [-0.15, -0.1) is 0 Å². The quantitative estimate of drug-likeness (QED) is 0.684. The van der Waals surface area contributed by atoms with E-state index in [1.165, 1.54) is 4.90 Å². The van der Waals surface area contributed by atoms with Gasteiger partial charge < -0.3 is 14.7 Å². The highest BCUT2D eigenvalue weighted by Gasteiger charge is 2.12. The van der Waals surface area contributed by atoms with Gasteiger partial charge >= 0.3 is 0 Å². The van der Waals surface area contributed by atoms with E-state index in [-0.39, 0.29) is 18.2 Å². The van der Waals surface area contributed by atoms with E-state index >= 15 is 0 Å². The molecule has 0 bridgehead atoms. The summed E-state index contributed by atoms with van der Waals surface area (Å²) in [5.41, 5.74) is 1.97. The molecule has 1 N–H and O–H groups in total. The van der Waals surface area contributed by atoms with Crippen molar-refractivity contribution in [3.63, 3.8) is 0 Å². The summed E-state index contributed by atoms with van der Waals surface area (Å²) in [6.07, 6.45) is 0.518. The third kappa shape index (κ3) is 4.95. The second-order valence-corrected chi connectivity index (χ2v) is 6.78. The zero-order valence-electron chi connectivity index (χ0n) is 15.5. The fourth-order valence-corrected chi connectivity index (χ4v) is 2.60. The van der Waals surface area contributed by atoms with Crippen LogP contribution < -0.4 is 5.32 Å². The van der Waals surface area contributed by atoms with Crippen molar-refractivity contribution in [3.8, 4) is 11.4 Å². The highest BCUT2D eigenvalue weighted by atomic mass is 35.5. The average molecular weight is 399 g/mol. The molecule has 7 nitrogen and oxygen atoms in total. The lowest BCUT2D eigenvalue weighted by atomic mass is 10.2. The predicted molar refractivity (Wildman–Crippen MR) is 106 cm³/mol. The van der Waals surface area contributed by atoms with Gasteiger partial charge in [-0.05, 0) is 48.5 Å². The smallest absolute Gasteiger partial charge is 0.253 e. The number of halogens is 1. The molecule has 28 heavy (non-hydrogen) atoms. The first-order valence-electron chi connectivity index (χ1n) is 8.62. The zero-order valence-corrected chi connectivity index (χ0v) is 16.2. The number of amides is 2. The van der Waals surface area contributed by atoms with Crippen molar-refractivity contribution in [2.75, 3.05) is 19.4 Å². The van der Waals surface area contributed by atoms with Crippen LogP contribution in [0.2, 0.25) is 5.02 Å². The molecule has 3 rings (SSSR count). The molecule has 0 aliphatic rings. The van der Waals surface area contributed by atoms with E-state index in [1.54, 1.807) is 62.6 Å². The van der Waals surface area contributed by atoms with Crippen LogP contribution in [-0.2, 0) is 11.2 Å². The third-order valence-corrected chi connectivity index (χ3v) is 4.21. The van der Waals surface area contributed by atoms with Crippen molar-refractivity contribution in [2.24, 2.45) is 0 Å². The van der Waals surface area contributed by atoms with Crippen LogP contribution >= 0.6 is 11.6 Å². The maximum absolute atomic E-state index is 12.1. The van der Waals surface area contributed by atoms with Crippen LogP contribution in [0.5, 0.6) is 0 Å². The summed E-state index contributed by atoms with van der Waals surface area (Å²) in [6, 6.07) is 13.8. The number of hydrogen-bond donors (Lipinski definition) is 1. The minimum absolute atomic E-state index is 0.0919. The van der Waals surface area contributed by atoms with Crippen molar-refractivity contribution in [3.05, 3.63) is 65.0 Å². The fraction of sp³-hybridized carbons (Fsp3) is 0.200. The molecular weight excluding hydrogens is 380 g/mol. The fourth-order valence-electron chi connectivity index (χ4n) is 2.47. The van der Waals surface area contributed by atoms with Gasteiger partial charge in [0, 0.05) is 48.8 Å².